The lowest BCUT2D eigenvalue weighted by molar-refractivity contribution is 0.265. The summed E-state index contributed by atoms with van der Waals surface area (Å²) in [6, 6.07) is 10.2. The molecule has 4 rings (SSSR count). The van der Waals surface area contributed by atoms with Crippen LogP contribution in [0.25, 0.3) is 11.2 Å². The Labute approximate surface area is 138 Å². The van der Waals surface area contributed by atoms with Gasteiger partial charge < -0.3 is 15.3 Å². The fourth-order valence-electron chi connectivity index (χ4n) is 3.06. The largest absolute Gasteiger partial charge is 0.394 e. The first-order valence-corrected chi connectivity index (χ1v) is 8.09. The van der Waals surface area contributed by atoms with Crippen LogP contribution in [0.4, 0.5) is 11.8 Å². The van der Waals surface area contributed by atoms with Crippen molar-refractivity contribution < 1.29 is 5.11 Å². The summed E-state index contributed by atoms with van der Waals surface area (Å²) >= 11 is 0. The second kappa shape index (κ2) is 6.40. The Morgan fingerprint density at radius 3 is 2.92 bits per heavy atom. The van der Waals surface area contributed by atoms with Gasteiger partial charge in [0, 0.05) is 13.1 Å². The van der Waals surface area contributed by atoms with Gasteiger partial charge in [-0.3, -0.25) is 0 Å². The molecular formula is C16H19N7O. The number of hydrogen-bond acceptors (Lipinski definition) is 7. The van der Waals surface area contributed by atoms with E-state index in [4.69, 9.17) is 0 Å². The van der Waals surface area contributed by atoms with Crippen molar-refractivity contribution in [1.29, 1.82) is 0 Å². The highest BCUT2D eigenvalue weighted by Crippen LogP contribution is 2.26. The fraction of sp³-hybridized carbons (Fsp3) is 0.375. The number of anilines is 2. The van der Waals surface area contributed by atoms with Crippen LogP contribution in [0.3, 0.4) is 0 Å². The van der Waals surface area contributed by atoms with Gasteiger partial charge in [-0.15, -0.1) is 5.10 Å². The molecule has 2 aromatic heterocycles. The Morgan fingerprint density at radius 2 is 2.08 bits per heavy atom. The zero-order valence-corrected chi connectivity index (χ0v) is 13.2. The van der Waals surface area contributed by atoms with Gasteiger partial charge in [0.05, 0.1) is 12.6 Å². The van der Waals surface area contributed by atoms with E-state index in [-0.39, 0.29) is 12.6 Å². The van der Waals surface area contributed by atoms with Gasteiger partial charge in [-0.05, 0) is 18.4 Å². The van der Waals surface area contributed by atoms with Crippen LogP contribution in [-0.4, -0.2) is 49.7 Å². The van der Waals surface area contributed by atoms with Gasteiger partial charge in [0.25, 0.3) is 0 Å². The number of aliphatic hydroxyl groups excluding tert-OH is 1. The summed E-state index contributed by atoms with van der Waals surface area (Å²) in [6.45, 7) is 1.59. The number of aromatic amines is 1. The minimum atomic E-state index is 0.0660. The van der Waals surface area contributed by atoms with Crippen LogP contribution in [-0.2, 0) is 6.54 Å². The molecular weight excluding hydrogens is 306 g/mol. The molecule has 1 fully saturated rings. The van der Waals surface area contributed by atoms with Crippen molar-refractivity contribution in [2.45, 2.75) is 25.4 Å². The predicted octanol–water partition coefficient (Wildman–Crippen LogP) is 1.32. The number of hydrogen-bond donors (Lipinski definition) is 3. The minimum absolute atomic E-state index is 0.0660. The number of aromatic nitrogens is 5. The van der Waals surface area contributed by atoms with Gasteiger partial charge in [-0.25, -0.2) is 0 Å². The van der Waals surface area contributed by atoms with Crippen LogP contribution >= 0.6 is 0 Å². The summed E-state index contributed by atoms with van der Waals surface area (Å²) in [5, 5.41) is 23.7. The molecule has 0 amide bonds. The maximum Gasteiger partial charge on any atom is 0.229 e. The molecule has 1 unspecified atom stereocenters. The number of fused-ring (bicyclic) bond motifs is 1. The van der Waals surface area contributed by atoms with Gasteiger partial charge in [0.15, 0.2) is 11.3 Å². The lowest BCUT2D eigenvalue weighted by Crippen LogP contribution is -2.33. The zero-order valence-electron chi connectivity index (χ0n) is 13.2. The van der Waals surface area contributed by atoms with Crippen molar-refractivity contribution >= 4 is 22.9 Å². The van der Waals surface area contributed by atoms with Gasteiger partial charge in [0.1, 0.15) is 0 Å². The summed E-state index contributed by atoms with van der Waals surface area (Å²) in [4.78, 5) is 11.2. The van der Waals surface area contributed by atoms with E-state index in [1.165, 1.54) is 0 Å². The van der Waals surface area contributed by atoms with Crippen LogP contribution in [0.15, 0.2) is 30.3 Å². The van der Waals surface area contributed by atoms with E-state index in [0.717, 1.165) is 24.9 Å². The molecule has 8 nitrogen and oxygen atoms in total. The van der Waals surface area contributed by atoms with E-state index in [0.29, 0.717) is 29.5 Å². The van der Waals surface area contributed by atoms with E-state index in [1.807, 2.05) is 23.1 Å². The monoisotopic (exact) mass is 325 g/mol. The lowest BCUT2D eigenvalue weighted by Gasteiger charge is -2.23. The third-order valence-electron chi connectivity index (χ3n) is 4.32. The molecule has 8 heteroatoms. The van der Waals surface area contributed by atoms with Crippen molar-refractivity contribution in [3.8, 4) is 0 Å². The Bertz CT molecular complexity index is 820. The van der Waals surface area contributed by atoms with Gasteiger partial charge >= 0.3 is 0 Å². The lowest BCUT2D eigenvalue weighted by atomic mass is 10.2. The molecule has 1 aliphatic rings. The van der Waals surface area contributed by atoms with Crippen molar-refractivity contribution in [3.05, 3.63) is 35.9 Å². The van der Waals surface area contributed by atoms with Crippen LogP contribution in [0.1, 0.15) is 18.4 Å². The average Bonchev–Trinajstić information content (AvgIpc) is 3.29. The Morgan fingerprint density at radius 1 is 1.21 bits per heavy atom. The molecule has 3 N–H and O–H groups in total. The van der Waals surface area contributed by atoms with E-state index in [2.05, 4.69) is 42.8 Å². The standard InChI is InChI=1S/C16H19N7O/c24-10-12-7-4-8-23(12)16-18-14(13-15(19-16)21-22-20-13)17-9-11-5-2-1-3-6-11/h1-3,5-6,12,24H,4,7-10H2,(H2,17,18,19,20,21,22). The zero-order chi connectivity index (χ0) is 16.4. The van der Waals surface area contributed by atoms with E-state index >= 15 is 0 Å². The smallest absolute Gasteiger partial charge is 0.229 e. The van der Waals surface area contributed by atoms with Gasteiger partial charge in [-0.2, -0.15) is 20.3 Å². The fourth-order valence-corrected chi connectivity index (χ4v) is 3.06. The van der Waals surface area contributed by atoms with Crippen LogP contribution in [0, 0.1) is 0 Å². The molecule has 0 aliphatic carbocycles. The number of aliphatic hydroxyl groups is 1. The number of benzene rings is 1. The number of H-pyrrole nitrogens is 1. The summed E-state index contributed by atoms with van der Waals surface area (Å²) in [5.74, 6) is 1.24. The molecule has 1 aliphatic heterocycles. The van der Waals surface area contributed by atoms with Crippen molar-refractivity contribution in [3.63, 3.8) is 0 Å². The Balaban J connectivity index is 1.65. The molecule has 1 aromatic carbocycles. The number of rotatable bonds is 5. The maximum absolute atomic E-state index is 9.55. The third kappa shape index (κ3) is 2.76. The first-order chi connectivity index (χ1) is 11.8. The molecule has 3 aromatic rings. The molecule has 0 spiro atoms. The van der Waals surface area contributed by atoms with Crippen molar-refractivity contribution in [2.24, 2.45) is 0 Å². The summed E-state index contributed by atoms with van der Waals surface area (Å²) < 4.78 is 0. The Kier molecular flexibility index (Phi) is 3.96. The SMILES string of the molecule is OCC1CCCN1c1nc(NCc2ccccc2)c2n[nH]nc2n1. The van der Waals surface area contributed by atoms with E-state index in [9.17, 15) is 5.11 Å². The Hall–Kier alpha value is -2.74. The quantitative estimate of drug-likeness (QED) is 0.650. The molecule has 1 saturated heterocycles. The topological polar surface area (TPSA) is 103 Å². The molecule has 0 saturated carbocycles. The molecule has 3 heterocycles. The minimum Gasteiger partial charge on any atom is -0.394 e. The molecule has 24 heavy (non-hydrogen) atoms. The highest BCUT2D eigenvalue weighted by Gasteiger charge is 2.27. The number of nitrogens with zero attached hydrogens (tertiary/aromatic N) is 5. The summed E-state index contributed by atoms with van der Waals surface area (Å²) in [5.41, 5.74) is 2.30. The molecule has 124 valence electrons. The molecule has 1 atom stereocenters. The summed E-state index contributed by atoms with van der Waals surface area (Å²) in [7, 11) is 0. The number of nitrogens with one attached hydrogen (secondary N) is 2. The normalized spacial score (nSPS) is 17.5. The van der Waals surface area contributed by atoms with E-state index < -0.39 is 0 Å². The highest BCUT2D eigenvalue weighted by atomic mass is 16.3. The predicted molar refractivity (Wildman–Crippen MR) is 90.7 cm³/mol. The van der Waals surface area contributed by atoms with E-state index in [1.54, 1.807) is 0 Å². The highest BCUT2D eigenvalue weighted by molar-refractivity contribution is 5.83. The molecule has 0 bridgehead atoms. The second-order valence-corrected chi connectivity index (χ2v) is 5.88. The molecule has 0 radical (unpaired) electrons. The first kappa shape index (κ1) is 14.8. The van der Waals surface area contributed by atoms with Gasteiger partial charge in [-0.1, -0.05) is 30.3 Å². The van der Waals surface area contributed by atoms with Crippen molar-refractivity contribution in [1.82, 2.24) is 25.4 Å². The van der Waals surface area contributed by atoms with Crippen molar-refractivity contribution in [2.75, 3.05) is 23.4 Å². The second-order valence-electron chi connectivity index (χ2n) is 5.88. The van der Waals surface area contributed by atoms with Gasteiger partial charge in [0.2, 0.25) is 11.6 Å². The first-order valence-electron chi connectivity index (χ1n) is 8.09. The van der Waals surface area contributed by atoms with Crippen LogP contribution < -0.4 is 10.2 Å². The average molecular weight is 325 g/mol. The maximum atomic E-state index is 9.55. The van der Waals surface area contributed by atoms with Crippen LogP contribution in [0.5, 0.6) is 0 Å². The third-order valence-corrected chi connectivity index (χ3v) is 4.32. The van der Waals surface area contributed by atoms with Crippen LogP contribution in [0.2, 0.25) is 0 Å². The summed E-state index contributed by atoms with van der Waals surface area (Å²) in [6.07, 6.45) is 1.97.